The third kappa shape index (κ3) is 4.56. The van der Waals surface area contributed by atoms with Crippen molar-refractivity contribution < 1.29 is 9.47 Å². The summed E-state index contributed by atoms with van der Waals surface area (Å²) < 4.78 is 11.5. The van der Waals surface area contributed by atoms with Crippen LogP contribution in [-0.4, -0.2) is 43.2 Å². The molecule has 4 nitrogen and oxygen atoms in total. The molecule has 1 aliphatic rings. The monoisotopic (exact) mass is 346 g/mol. The predicted octanol–water partition coefficient (Wildman–Crippen LogP) is 3.54. The van der Waals surface area contributed by atoms with Crippen LogP contribution in [0.25, 0.3) is 0 Å². The first kappa shape index (κ1) is 17.4. The molecule has 2 heterocycles. The number of hydrogen-bond donors (Lipinski definition) is 0. The maximum absolute atomic E-state index is 6.25. The summed E-state index contributed by atoms with van der Waals surface area (Å²) in [6.07, 6.45) is 2.42. The highest BCUT2D eigenvalue weighted by Crippen LogP contribution is 2.25. The van der Waals surface area contributed by atoms with Gasteiger partial charge in [0.1, 0.15) is 5.75 Å². The Labute approximate surface area is 148 Å². The molecule has 0 radical (unpaired) electrons. The Balaban J connectivity index is 1.62. The zero-order valence-electron chi connectivity index (χ0n) is 14.7. The Morgan fingerprint density at radius 2 is 2.08 bits per heavy atom. The Hall–Kier alpha value is -1.43. The van der Waals surface area contributed by atoms with Crippen molar-refractivity contribution in [3.63, 3.8) is 0 Å². The first-order valence-electron chi connectivity index (χ1n) is 8.48. The minimum atomic E-state index is 0.297. The van der Waals surface area contributed by atoms with Gasteiger partial charge in [-0.05, 0) is 44.5 Å². The summed E-state index contributed by atoms with van der Waals surface area (Å²) in [6.45, 7) is 4.83. The lowest BCUT2D eigenvalue weighted by Crippen LogP contribution is -2.43. The van der Waals surface area contributed by atoms with Crippen molar-refractivity contribution in [3.8, 4) is 5.75 Å². The predicted molar refractivity (Wildman–Crippen MR) is 97.7 cm³/mol. The van der Waals surface area contributed by atoms with E-state index >= 15 is 0 Å². The third-order valence-electron chi connectivity index (χ3n) is 4.64. The van der Waals surface area contributed by atoms with Gasteiger partial charge in [0.2, 0.25) is 0 Å². The van der Waals surface area contributed by atoms with Crippen LogP contribution in [0.4, 0.5) is 0 Å². The molecule has 0 bridgehead atoms. The van der Waals surface area contributed by atoms with Crippen LogP contribution in [0.3, 0.4) is 0 Å². The summed E-state index contributed by atoms with van der Waals surface area (Å²) in [5.74, 6) is 1.42. The molecule has 0 aliphatic carbocycles. The standard InChI is InChI=1S/C19H26N2O2S/c1-14-20-17(13-24-14)12-23-19-8-9-21(2)11-16(19)10-15-4-6-18(22-3)7-5-15/h4-7,13,16,19H,8-12H2,1-3H3/t16-,19+/m1/s1. The van der Waals surface area contributed by atoms with Crippen molar-refractivity contribution in [2.45, 2.75) is 32.5 Å². The van der Waals surface area contributed by atoms with Crippen molar-refractivity contribution >= 4 is 11.3 Å². The molecule has 2 aromatic rings. The fraction of sp³-hybridized carbons (Fsp3) is 0.526. The van der Waals surface area contributed by atoms with Crippen LogP contribution in [0.15, 0.2) is 29.6 Å². The van der Waals surface area contributed by atoms with Gasteiger partial charge in [-0.2, -0.15) is 0 Å². The number of methoxy groups -OCH3 is 1. The highest BCUT2D eigenvalue weighted by Gasteiger charge is 2.28. The molecular weight excluding hydrogens is 320 g/mol. The summed E-state index contributed by atoms with van der Waals surface area (Å²) in [5.41, 5.74) is 2.40. The first-order valence-corrected chi connectivity index (χ1v) is 9.36. The van der Waals surface area contributed by atoms with Gasteiger partial charge in [0.05, 0.1) is 30.5 Å². The molecule has 0 spiro atoms. The normalized spacial score (nSPS) is 21.8. The fourth-order valence-electron chi connectivity index (χ4n) is 3.34. The highest BCUT2D eigenvalue weighted by atomic mass is 32.1. The quantitative estimate of drug-likeness (QED) is 0.801. The summed E-state index contributed by atoms with van der Waals surface area (Å²) >= 11 is 1.69. The molecule has 130 valence electrons. The zero-order valence-corrected chi connectivity index (χ0v) is 15.5. The molecule has 0 saturated carbocycles. The minimum absolute atomic E-state index is 0.297. The lowest BCUT2D eigenvalue weighted by Gasteiger charge is -2.36. The van der Waals surface area contributed by atoms with E-state index in [2.05, 4.69) is 34.4 Å². The van der Waals surface area contributed by atoms with E-state index in [9.17, 15) is 0 Å². The molecule has 3 rings (SSSR count). The van der Waals surface area contributed by atoms with Crippen LogP contribution < -0.4 is 4.74 Å². The van der Waals surface area contributed by atoms with E-state index in [1.807, 2.05) is 19.1 Å². The van der Waals surface area contributed by atoms with Gasteiger partial charge in [-0.25, -0.2) is 4.98 Å². The smallest absolute Gasteiger partial charge is 0.118 e. The SMILES string of the molecule is COc1ccc(C[C@@H]2CN(C)CC[C@@H]2OCc2csc(C)n2)cc1. The molecule has 1 aliphatic heterocycles. The van der Waals surface area contributed by atoms with Crippen molar-refractivity contribution in [1.29, 1.82) is 0 Å². The second-order valence-corrected chi connectivity index (χ2v) is 7.63. The molecule has 1 saturated heterocycles. The molecule has 0 amide bonds. The second-order valence-electron chi connectivity index (χ2n) is 6.57. The third-order valence-corrected chi connectivity index (χ3v) is 5.46. The van der Waals surface area contributed by atoms with E-state index in [-0.39, 0.29) is 0 Å². The minimum Gasteiger partial charge on any atom is -0.497 e. The van der Waals surface area contributed by atoms with Crippen molar-refractivity contribution in [3.05, 3.63) is 45.9 Å². The van der Waals surface area contributed by atoms with Crippen molar-refractivity contribution in [1.82, 2.24) is 9.88 Å². The molecule has 1 aromatic heterocycles. The number of ether oxygens (including phenoxy) is 2. The van der Waals surface area contributed by atoms with E-state index in [1.54, 1.807) is 18.4 Å². The number of benzene rings is 1. The number of hydrogen-bond acceptors (Lipinski definition) is 5. The maximum atomic E-state index is 6.25. The van der Waals surface area contributed by atoms with E-state index in [0.29, 0.717) is 18.6 Å². The van der Waals surface area contributed by atoms with E-state index < -0.39 is 0 Å². The van der Waals surface area contributed by atoms with Gasteiger partial charge >= 0.3 is 0 Å². The topological polar surface area (TPSA) is 34.6 Å². The summed E-state index contributed by atoms with van der Waals surface area (Å²) in [5, 5.41) is 3.20. The van der Waals surface area contributed by atoms with Crippen LogP contribution in [0.1, 0.15) is 22.7 Å². The first-order chi connectivity index (χ1) is 11.6. The average Bonchev–Trinajstić information content (AvgIpc) is 3.00. The highest BCUT2D eigenvalue weighted by molar-refractivity contribution is 7.09. The van der Waals surface area contributed by atoms with Crippen LogP contribution in [0.5, 0.6) is 5.75 Å². The van der Waals surface area contributed by atoms with E-state index in [1.165, 1.54) is 5.56 Å². The maximum Gasteiger partial charge on any atom is 0.118 e. The number of thiazole rings is 1. The number of piperidine rings is 1. The molecule has 0 N–H and O–H groups in total. The number of aryl methyl sites for hydroxylation is 1. The Kier molecular flexibility index (Phi) is 5.87. The van der Waals surface area contributed by atoms with Crippen LogP contribution in [0, 0.1) is 12.8 Å². The van der Waals surface area contributed by atoms with Gasteiger partial charge < -0.3 is 14.4 Å². The molecule has 1 aromatic carbocycles. The number of likely N-dealkylation sites (tertiary alicyclic amines) is 1. The Morgan fingerprint density at radius 3 is 2.75 bits per heavy atom. The van der Waals surface area contributed by atoms with Gasteiger partial charge in [0.25, 0.3) is 0 Å². The average molecular weight is 346 g/mol. The molecule has 24 heavy (non-hydrogen) atoms. The van der Waals surface area contributed by atoms with E-state index in [4.69, 9.17) is 9.47 Å². The van der Waals surface area contributed by atoms with Crippen LogP contribution >= 0.6 is 11.3 Å². The van der Waals surface area contributed by atoms with Crippen molar-refractivity contribution in [2.24, 2.45) is 5.92 Å². The molecule has 1 fully saturated rings. The van der Waals surface area contributed by atoms with Gasteiger partial charge in [0.15, 0.2) is 0 Å². The molecule has 2 atom stereocenters. The largest absolute Gasteiger partial charge is 0.497 e. The lowest BCUT2D eigenvalue weighted by atomic mass is 9.88. The zero-order chi connectivity index (χ0) is 16.9. The molecule has 5 heteroatoms. The van der Waals surface area contributed by atoms with Gasteiger partial charge in [-0.1, -0.05) is 12.1 Å². The Morgan fingerprint density at radius 1 is 1.29 bits per heavy atom. The van der Waals surface area contributed by atoms with Crippen LogP contribution in [0.2, 0.25) is 0 Å². The van der Waals surface area contributed by atoms with E-state index in [0.717, 1.165) is 42.4 Å². The lowest BCUT2D eigenvalue weighted by molar-refractivity contribution is -0.0383. The van der Waals surface area contributed by atoms with Gasteiger partial charge in [-0.3, -0.25) is 0 Å². The fourth-order valence-corrected chi connectivity index (χ4v) is 3.94. The molecule has 0 unspecified atom stereocenters. The number of rotatable bonds is 6. The van der Waals surface area contributed by atoms with Crippen molar-refractivity contribution in [2.75, 3.05) is 27.2 Å². The summed E-state index contributed by atoms with van der Waals surface area (Å²) in [7, 11) is 3.90. The van der Waals surface area contributed by atoms with Gasteiger partial charge in [0, 0.05) is 24.4 Å². The van der Waals surface area contributed by atoms with Gasteiger partial charge in [-0.15, -0.1) is 11.3 Å². The number of nitrogens with zero attached hydrogens (tertiary/aromatic N) is 2. The second kappa shape index (κ2) is 8.10. The summed E-state index contributed by atoms with van der Waals surface area (Å²) in [4.78, 5) is 6.91. The molecular formula is C19H26N2O2S. The number of aromatic nitrogens is 1. The Bertz CT molecular complexity index is 641. The summed E-state index contributed by atoms with van der Waals surface area (Å²) in [6, 6.07) is 8.40. The van der Waals surface area contributed by atoms with Crippen LogP contribution in [-0.2, 0) is 17.8 Å².